The van der Waals surface area contributed by atoms with Gasteiger partial charge in [0.25, 0.3) is 0 Å². The van der Waals surface area contributed by atoms with Crippen molar-refractivity contribution >= 4 is 11.8 Å². The molecule has 1 aromatic heterocycles. The van der Waals surface area contributed by atoms with Gasteiger partial charge in [0.15, 0.2) is 0 Å². The molecule has 1 aromatic rings. The quantitative estimate of drug-likeness (QED) is 0.620. The molecule has 0 amide bonds. The lowest BCUT2D eigenvalue weighted by atomic mass is 10.0. The van der Waals surface area contributed by atoms with Crippen LogP contribution in [0.15, 0.2) is 18.5 Å². The van der Waals surface area contributed by atoms with E-state index in [1.54, 1.807) is 6.20 Å². The number of nitrogens with zero attached hydrogens (tertiary/aromatic N) is 1. The van der Waals surface area contributed by atoms with Gasteiger partial charge in [-0.2, -0.15) is 11.8 Å². The van der Waals surface area contributed by atoms with Crippen LogP contribution in [0.1, 0.15) is 44.2 Å². The van der Waals surface area contributed by atoms with Crippen LogP contribution in [0.4, 0.5) is 0 Å². The van der Waals surface area contributed by atoms with Gasteiger partial charge in [0.2, 0.25) is 0 Å². The van der Waals surface area contributed by atoms with E-state index < -0.39 is 0 Å². The first-order valence-corrected chi connectivity index (χ1v) is 8.05. The Morgan fingerprint density at radius 1 is 1.53 bits per heavy atom. The third-order valence-corrected chi connectivity index (χ3v) is 4.79. The molecule has 3 N–H and O–H groups in total. The van der Waals surface area contributed by atoms with Crippen LogP contribution >= 0.6 is 11.8 Å². The molecule has 0 aromatic carbocycles. The van der Waals surface area contributed by atoms with E-state index in [1.165, 1.54) is 25.0 Å². The van der Waals surface area contributed by atoms with Gasteiger partial charge in [-0.25, -0.2) is 0 Å². The van der Waals surface area contributed by atoms with E-state index in [-0.39, 0.29) is 6.04 Å². The SMILES string of the molecule is CCCOc1cncc(C(NN)C2CCCCS2)c1. The molecule has 2 atom stereocenters. The van der Waals surface area contributed by atoms with E-state index in [2.05, 4.69) is 23.4 Å². The van der Waals surface area contributed by atoms with Gasteiger partial charge in [-0.05, 0) is 36.6 Å². The van der Waals surface area contributed by atoms with Crippen LogP contribution in [0.3, 0.4) is 0 Å². The molecule has 2 unspecified atom stereocenters. The van der Waals surface area contributed by atoms with Crippen molar-refractivity contribution in [2.75, 3.05) is 12.4 Å². The minimum atomic E-state index is 0.156. The number of rotatable bonds is 6. The predicted molar refractivity (Wildman–Crippen MR) is 80.2 cm³/mol. The molecule has 2 heterocycles. The monoisotopic (exact) mass is 281 g/mol. The number of thioether (sulfide) groups is 1. The maximum Gasteiger partial charge on any atom is 0.137 e. The van der Waals surface area contributed by atoms with Crippen LogP contribution in [0.2, 0.25) is 0 Å². The molecule has 0 spiro atoms. The van der Waals surface area contributed by atoms with Crippen molar-refractivity contribution in [2.24, 2.45) is 5.84 Å². The normalized spacial score (nSPS) is 21.1. The molecule has 2 rings (SSSR count). The molecule has 0 radical (unpaired) electrons. The second-order valence-corrected chi connectivity index (χ2v) is 6.20. The van der Waals surface area contributed by atoms with Gasteiger partial charge >= 0.3 is 0 Å². The van der Waals surface area contributed by atoms with Gasteiger partial charge in [-0.1, -0.05) is 13.3 Å². The smallest absolute Gasteiger partial charge is 0.137 e. The molecule has 5 heteroatoms. The van der Waals surface area contributed by atoms with E-state index in [9.17, 15) is 0 Å². The second kappa shape index (κ2) is 7.72. The first-order chi connectivity index (χ1) is 9.35. The van der Waals surface area contributed by atoms with Crippen molar-refractivity contribution in [3.05, 3.63) is 24.0 Å². The Bertz CT molecular complexity index is 383. The fourth-order valence-electron chi connectivity index (χ4n) is 2.35. The van der Waals surface area contributed by atoms with E-state index in [0.29, 0.717) is 5.25 Å². The summed E-state index contributed by atoms with van der Waals surface area (Å²) in [5, 5.41) is 0.530. The highest BCUT2D eigenvalue weighted by Gasteiger charge is 2.25. The van der Waals surface area contributed by atoms with Crippen molar-refractivity contribution in [1.82, 2.24) is 10.4 Å². The Hall–Kier alpha value is -0.780. The first kappa shape index (κ1) is 14.6. The number of hydrazine groups is 1. The molecule has 0 aliphatic carbocycles. The lowest BCUT2D eigenvalue weighted by Crippen LogP contribution is -2.36. The van der Waals surface area contributed by atoms with Crippen molar-refractivity contribution in [3.8, 4) is 5.75 Å². The molecule has 1 aliphatic heterocycles. The van der Waals surface area contributed by atoms with E-state index >= 15 is 0 Å². The predicted octanol–water partition coefficient (Wildman–Crippen LogP) is 2.66. The highest BCUT2D eigenvalue weighted by Crippen LogP contribution is 2.34. The summed E-state index contributed by atoms with van der Waals surface area (Å²) in [6.45, 7) is 2.82. The third kappa shape index (κ3) is 4.09. The van der Waals surface area contributed by atoms with E-state index in [1.807, 2.05) is 18.0 Å². The fourth-order valence-corrected chi connectivity index (χ4v) is 3.79. The summed E-state index contributed by atoms with van der Waals surface area (Å²) < 4.78 is 5.64. The summed E-state index contributed by atoms with van der Waals surface area (Å²) >= 11 is 2.00. The van der Waals surface area contributed by atoms with Crippen LogP contribution in [-0.4, -0.2) is 22.6 Å². The fraction of sp³-hybridized carbons (Fsp3) is 0.643. The molecule has 0 saturated carbocycles. The van der Waals surface area contributed by atoms with Crippen LogP contribution in [0.5, 0.6) is 5.75 Å². The summed E-state index contributed by atoms with van der Waals surface area (Å²) in [6.07, 6.45) is 8.46. The molecular weight excluding hydrogens is 258 g/mol. The summed E-state index contributed by atoms with van der Waals surface area (Å²) in [6, 6.07) is 2.21. The zero-order valence-corrected chi connectivity index (χ0v) is 12.3. The molecular formula is C14H23N3OS. The number of hydrogen-bond donors (Lipinski definition) is 2. The van der Waals surface area contributed by atoms with Crippen LogP contribution < -0.4 is 16.0 Å². The number of ether oxygens (including phenoxy) is 1. The third-order valence-electron chi connectivity index (χ3n) is 3.33. The van der Waals surface area contributed by atoms with Gasteiger partial charge < -0.3 is 4.74 Å². The molecule has 106 valence electrons. The van der Waals surface area contributed by atoms with E-state index in [0.717, 1.165) is 24.3 Å². The Labute approximate surface area is 119 Å². The number of nitrogens with one attached hydrogen (secondary N) is 1. The minimum Gasteiger partial charge on any atom is -0.492 e. The second-order valence-electron chi connectivity index (χ2n) is 4.85. The molecule has 0 bridgehead atoms. The molecule has 4 nitrogen and oxygen atoms in total. The van der Waals surface area contributed by atoms with Gasteiger partial charge in [0, 0.05) is 11.4 Å². The molecule has 19 heavy (non-hydrogen) atoms. The average molecular weight is 281 g/mol. The van der Waals surface area contributed by atoms with Crippen molar-refractivity contribution in [2.45, 2.75) is 43.9 Å². The molecule has 1 aliphatic rings. The van der Waals surface area contributed by atoms with Crippen molar-refractivity contribution in [1.29, 1.82) is 0 Å². The largest absolute Gasteiger partial charge is 0.492 e. The number of nitrogens with two attached hydrogens (primary N) is 1. The Morgan fingerprint density at radius 3 is 3.11 bits per heavy atom. The van der Waals surface area contributed by atoms with Crippen LogP contribution in [-0.2, 0) is 0 Å². The summed E-state index contributed by atoms with van der Waals surface area (Å²) in [5.41, 5.74) is 4.08. The van der Waals surface area contributed by atoms with Gasteiger partial charge in [-0.3, -0.25) is 16.3 Å². The van der Waals surface area contributed by atoms with Crippen molar-refractivity contribution < 1.29 is 4.74 Å². The average Bonchev–Trinajstić information content (AvgIpc) is 2.47. The van der Waals surface area contributed by atoms with Crippen LogP contribution in [0.25, 0.3) is 0 Å². The molecule has 1 fully saturated rings. The van der Waals surface area contributed by atoms with Crippen molar-refractivity contribution in [3.63, 3.8) is 0 Å². The highest BCUT2D eigenvalue weighted by atomic mass is 32.2. The summed E-state index contributed by atoms with van der Waals surface area (Å²) in [4.78, 5) is 4.27. The lowest BCUT2D eigenvalue weighted by molar-refractivity contribution is 0.315. The summed E-state index contributed by atoms with van der Waals surface area (Å²) in [7, 11) is 0. The minimum absolute atomic E-state index is 0.156. The topological polar surface area (TPSA) is 60.2 Å². The highest BCUT2D eigenvalue weighted by molar-refractivity contribution is 8.00. The van der Waals surface area contributed by atoms with Gasteiger partial charge in [0.1, 0.15) is 5.75 Å². The lowest BCUT2D eigenvalue weighted by Gasteiger charge is -2.29. The maximum atomic E-state index is 5.75. The summed E-state index contributed by atoms with van der Waals surface area (Å²) in [5.74, 6) is 7.81. The Kier molecular flexibility index (Phi) is 5.94. The zero-order valence-electron chi connectivity index (χ0n) is 11.5. The zero-order chi connectivity index (χ0) is 13.5. The Morgan fingerprint density at radius 2 is 2.42 bits per heavy atom. The van der Waals surface area contributed by atoms with Crippen LogP contribution in [0, 0.1) is 0 Å². The maximum absolute atomic E-state index is 5.75. The standard InChI is InChI=1S/C14H23N3OS/c1-2-6-18-12-8-11(9-16-10-12)14(17-15)13-5-3-4-7-19-13/h8-10,13-14,17H,2-7,15H2,1H3. The van der Waals surface area contributed by atoms with Gasteiger partial charge in [-0.15, -0.1) is 0 Å². The van der Waals surface area contributed by atoms with Gasteiger partial charge in [0.05, 0.1) is 18.8 Å². The Balaban J connectivity index is 2.08. The number of hydrogen-bond acceptors (Lipinski definition) is 5. The van der Waals surface area contributed by atoms with E-state index in [4.69, 9.17) is 10.6 Å². The number of pyridine rings is 1. The molecule has 1 saturated heterocycles. The first-order valence-electron chi connectivity index (χ1n) is 7.00. The number of aromatic nitrogens is 1.